The number of rotatable bonds is 4. The molecule has 1 saturated carbocycles. The molecule has 19 heavy (non-hydrogen) atoms. The Balaban J connectivity index is 2.12. The van der Waals surface area contributed by atoms with Gasteiger partial charge in [0, 0.05) is 4.47 Å². The van der Waals surface area contributed by atoms with Gasteiger partial charge in [0.15, 0.2) is 0 Å². The van der Waals surface area contributed by atoms with Gasteiger partial charge in [-0.05, 0) is 49.3 Å². The molecular weight excluding hydrogens is 308 g/mol. The molecule has 0 saturated heterocycles. The Kier molecular flexibility index (Phi) is 4.63. The van der Waals surface area contributed by atoms with Crippen LogP contribution in [0.4, 0.5) is 0 Å². The van der Waals surface area contributed by atoms with Gasteiger partial charge >= 0.3 is 5.97 Å². The van der Waals surface area contributed by atoms with Crippen LogP contribution in [0.5, 0.6) is 0 Å². The number of aliphatic carboxylic acids is 1. The lowest BCUT2D eigenvalue weighted by atomic mass is 9.93. The maximum absolute atomic E-state index is 11.0. The van der Waals surface area contributed by atoms with Crippen molar-refractivity contribution in [2.75, 3.05) is 0 Å². The Bertz CT molecular complexity index is 472. The van der Waals surface area contributed by atoms with E-state index < -0.39 is 11.9 Å². The first-order valence-electron chi connectivity index (χ1n) is 6.68. The number of aliphatic hydroxyl groups excluding tert-OH is 1. The van der Waals surface area contributed by atoms with Crippen LogP contribution in [-0.2, 0) is 11.2 Å². The number of aliphatic hydroxyl groups is 1. The number of hydrogen-bond donors (Lipinski definition) is 2. The minimum absolute atomic E-state index is 0.184. The lowest BCUT2D eigenvalue weighted by Crippen LogP contribution is -2.15. The van der Waals surface area contributed by atoms with Crippen molar-refractivity contribution >= 4 is 21.9 Å². The molecule has 1 aromatic rings. The van der Waals surface area contributed by atoms with Crippen molar-refractivity contribution in [1.82, 2.24) is 0 Å². The average Bonchev–Trinajstić information content (AvgIpc) is 2.74. The molecule has 4 heteroatoms. The fraction of sp³-hybridized carbons (Fsp3) is 0.533. The molecule has 0 amide bonds. The van der Waals surface area contributed by atoms with E-state index in [9.17, 15) is 9.90 Å². The van der Waals surface area contributed by atoms with Crippen molar-refractivity contribution in [3.63, 3.8) is 0 Å². The Morgan fingerprint density at radius 2 is 2.21 bits per heavy atom. The fourth-order valence-electron chi connectivity index (χ4n) is 2.74. The van der Waals surface area contributed by atoms with Gasteiger partial charge in [-0.2, -0.15) is 0 Å². The predicted octanol–water partition coefficient (Wildman–Crippen LogP) is 3.34. The second-order valence-electron chi connectivity index (χ2n) is 5.38. The molecule has 0 aromatic heterocycles. The van der Waals surface area contributed by atoms with E-state index in [-0.39, 0.29) is 6.10 Å². The van der Waals surface area contributed by atoms with Crippen LogP contribution in [0.3, 0.4) is 0 Å². The van der Waals surface area contributed by atoms with E-state index >= 15 is 0 Å². The highest BCUT2D eigenvalue weighted by Gasteiger charge is 2.25. The molecule has 104 valence electrons. The zero-order valence-electron chi connectivity index (χ0n) is 11.0. The molecule has 0 spiro atoms. The van der Waals surface area contributed by atoms with Crippen molar-refractivity contribution in [2.45, 2.75) is 44.6 Å². The van der Waals surface area contributed by atoms with E-state index in [1.807, 2.05) is 18.2 Å². The van der Waals surface area contributed by atoms with Crippen molar-refractivity contribution in [3.8, 4) is 0 Å². The van der Waals surface area contributed by atoms with Crippen molar-refractivity contribution in [3.05, 3.63) is 33.8 Å². The lowest BCUT2D eigenvalue weighted by Gasteiger charge is -2.16. The monoisotopic (exact) mass is 326 g/mol. The normalized spacial score (nSPS) is 24.4. The molecule has 0 heterocycles. The number of hydrogen-bond acceptors (Lipinski definition) is 2. The molecule has 1 aliphatic carbocycles. The van der Waals surface area contributed by atoms with Gasteiger partial charge in [0.1, 0.15) is 0 Å². The van der Waals surface area contributed by atoms with Gasteiger partial charge in [-0.3, -0.25) is 4.79 Å². The highest BCUT2D eigenvalue weighted by molar-refractivity contribution is 9.10. The van der Waals surface area contributed by atoms with Gasteiger partial charge in [0.05, 0.1) is 12.0 Å². The van der Waals surface area contributed by atoms with Gasteiger partial charge in [0.25, 0.3) is 0 Å². The van der Waals surface area contributed by atoms with Gasteiger partial charge in [-0.25, -0.2) is 0 Å². The van der Waals surface area contributed by atoms with Gasteiger partial charge < -0.3 is 10.2 Å². The van der Waals surface area contributed by atoms with Crippen LogP contribution in [0.1, 0.15) is 43.2 Å². The highest BCUT2D eigenvalue weighted by atomic mass is 79.9. The summed E-state index contributed by atoms with van der Waals surface area (Å²) in [5, 5.41) is 18.9. The second kappa shape index (κ2) is 6.06. The summed E-state index contributed by atoms with van der Waals surface area (Å²) in [6, 6.07) is 5.84. The molecule has 1 unspecified atom stereocenters. The zero-order chi connectivity index (χ0) is 14.0. The van der Waals surface area contributed by atoms with E-state index in [4.69, 9.17) is 5.11 Å². The van der Waals surface area contributed by atoms with Gasteiger partial charge in [-0.15, -0.1) is 0 Å². The molecule has 3 atom stereocenters. The lowest BCUT2D eigenvalue weighted by molar-refractivity contribution is -0.138. The van der Waals surface area contributed by atoms with E-state index in [2.05, 4.69) is 15.9 Å². The Morgan fingerprint density at radius 1 is 1.47 bits per heavy atom. The summed E-state index contributed by atoms with van der Waals surface area (Å²) >= 11 is 3.45. The Morgan fingerprint density at radius 3 is 2.74 bits per heavy atom. The Hall–Kier alpha value is -0.870. The molecule has 0 bridgehead atoms. The van der Waals surface area contributed by atoms with E-state index in [0.717, 1.165) is 41.3 Å². The maximum Gasteiger partial charge on any atom is 0.310 e. The summed E-state index contributed by atoms with van der Waals surface area (Å²) in [4.78, 5) is 11.0. The topological polar surface area (TPSA) is 57.5 Å². The minimum Gasteiger partial charge on any atom is -0.481 e. The second-order valence-corrected chi connectivity index (χ2v) is 6.23. The first kappa shape index (κ1) is 14.5. The number of carboxylic acid groups (broad SMARTS) is 1. The van der Waals surface area contributed by atoms with Crippen molar-refractivity contribution in [1.29, 1.82) is 0 Å². The van der Waals surface area contributed by atoms with Gasteiger partial charge in [0.2, 0.25) is 0 Å². The first-order valence-corrected chi connectivity index (χ1v) is 7.47. The smallest absolute Gasteiger partial charge is 0.310 e. The molecule has 2 rings (SSSR count). The molecule has 2 N–H and O–H groups in total. The Labute approximate surface area is 121 Å². The van der Waals surface area contributed by atoms with E-state index in [0.29, 0.717) is 5.92 Å². The standard InChI is InChI=1S/C15H19BrO3/c1-9(15(18)19)12-6-5-10(8-13(12)16)7-11-3-2-4-14(11)17/h5-6,8-9,11,14,17H,2-4,7H2,1H3,(H,18,19)/t9?,11-,14-/m0/s1. The number of carbonyl (C=O) groups is 1. The quantitative estimate of drug-likeness (QED) is 0.892. The molecule has 1 aliphatic rings. The van der Waals surface area contributed by atoms with Crippen LogP contribution in [0.2, 0.25) is 0 Å². The summed E-state index contributed by atoms with van der Waals surface area (Å²) in [6.07, 6.45) is 3.76. The summed E-state index contributed by atoms with van der Waals surface area (Å²) in [5.41, 5.74) is 1.95. The van der Waals surface area contributed by atoms with Crippen LogP contribution >= 0.6 is 15.9 Å². The summed E-state index contributed by atoms with van der Waals surface area (Å²) in [7, 11) is 0. The summed E-state index contributed by atoms with van der Waals surface area (Å²) in [6.45, 7) is 1.68. The number of carboxylic acids is 1. The minimum atomic E-state index is -0.820. The van der Waals surface area contributed by atoms with Crippen LogP contribution in [-0.4, -0.2) is 22.3 Å². The van der Waals surface area contributed by atoms with E-state index in [1.165, 1.54) is 0 Å². The third kappa shape index (κ3) is 3.37. The first-order chi connectivity index (χ1) is 8.99. The van der Waals surface area contributed by atoms with Crippen molar-refractivity contribution < 1.29 is 15.0 Å². The molecule has 3 nitrogen and oxygen atoms in total. The third-order valence-electron chi connectivity index (χ3n) is 4.02. The summed E-state index contributed by atoms with van der Waals surface area (Å²) in [5.74, 6) is -0.991. The van der Waals surface area contributed by atoms with Crippen LogP contribution in [0, 0.1) is 5.92 Å². The number of halogens is 1. The summed E-state index contributed by atoms with van der Waals surface area (Å²) < 4.78 is 0.840. The predicted molar refractivity (Wildman–Crippen MR) is 77.2 cm³/mol. The largest absolute Gasteiger partial charge is 0.481 e. The fourth-order valence-corrected chi connectivity index (χ4v) is 3.51. The van der Waals surface area contributed by atoms with Crippen LogP contribution in [0.15, 0.2) is 22.7 Å². The molecule has 0 aliphatic heterocycles. The highest BCUT2D eigenvalue weighted by Crippen LogP contribution is 2.31. The average molecular weight is 327 g/mol. The van der Waals surface area contributed by atoms with Crippen LogP contribution < -0.4 is 0 Å². The number of benzene rings is 1. The molecule has 1 aromatic carbocycles. The third-order valence-corrected chi connectivity index (χ3v) is 4.71. The molecule has 0 radical (unpaired) electrons. The molecule has 1 fully saturated rings. The SMILES string of the molecule is CC(C(=O)O)c1ccc(C[C@@H]2CCC[C@@H]2O)cc1Br. The molecular formula is C15H19BrO3. The maximum atomic E-state index is 11.0. The van der Waals surface area contributed by atoms with Crippen molar-refractivity contribution in [2.24, 2.45) is 5.92 Å². The van der Waals surface area contributed by atoms with Crippen LogP contribution in [0.25, 0.3) is 0 Å². The van der Waals surface area contributed by atoms with Gasteiger partial charge in [-0.1, -0.05) is 34.5 Å². The van der Waals surface area contributed by atoms with E-state index in [1.54, 1.807) is 6.92 Å². The zero-order valence-corrected chi connectivity index (χ0v) is 12.6.